The molecule has 1 aliphatic heterocycles. The molecule has 33 heavy (non-hydrogen) atoms. The van der Waals surface area contributed by atoms with Crippen molar-refractivity contribution in [1.29, 1.82) is 0 Å². The average molecular weight is 491 g/mol. The number of nitrogens with one attached hydrogen (secondary N) is 1. The second kappa shape index (κ2) is 9.49. The first-order valence-electron chi connectivity index (χ1n) is 10.3. The molecule has 174 valence electrons. The van der Waals surface area contributed by atoms with Gasteiger partial charge in [-0.05, 0) is 56.2 Å². The van der Waals surface area contributed by atoms with Gasteiger partial charge in [-0.25, -0.2) is 17.5 Å². The molecule has 1 amide bonds. The number of carbonyl (C=O) groups excluding carboxylic acids is 1. The molecule has 1 aliphatic rings. The van der Waals surface area contributed by atoms with Crippen molar-refractivity contribution in [3.05, 3.63) is 54.3 Å². The van der Waals surface area contributed by atoms with E-state index < -0.39 is 21.1 Å². The lowest BCUT2D eigenvalue weighted by Gasteiger charge is -2.16. The SMILES string of the molecule is CC(Sc1nnc(-c2cccc(F)c2)n1N)C(=O)Nc1ccc(S(=O)(=O)N2CCCC2)cc1. The van der Waals surface area contributed by atoms with E-state index in [1.807, 2.05) is 0 Å². The normalized spacial score (nSPS) is 15.5. The molecule has 1 atom stereocenters. The lowest BCUT2D eigenvalue weighted by molar-refractivity contribution is -0.115. The van der Waals surface area contributed by atoms with Crippen LogP contribution in [0, 0.1) is 5.82 Å². The fourth-order valence-corrected chi connectivity index (χ4v) is 5.71. The molecule has 1 unspecified atom stereocenters. The molecule has 0 spiro atoms. The standard InChI is InChI=1S/C21H23FN6O3S2/c1-14(32-21-26-25-19(28(21)23)15-5-4-6-16(22)13-15)20(29)24-17-7-9-18(10-8-17)33(30,31)27-11-2-3-12-27/h4-10,13-14H,2-3,11-12,23H2,1H3,(H,24,29). The quantitative estimate of drug-likeness (QED) is 0.386. The predicted octanol–water partition coefficient (Wildman–Crippen LogP) is 2.70. The van der Waals surface area contributed by atoms with Crippen LogP contribution in [-0.2, 0) is 14.8 Å². The zero-order chi connectivity index (χ0) is 23.6. The Balaban J connectivity index is 1.40. The van der Waals surface area contributed by atoms with Gasteiger partial charge in [0.25, 0.3) is 0 Å². The van der Waals surface area contributed by atoms with E-state index in [-0.39, 0.29) is 16.6 Å². The Kier molecular flexibility index (Phi) is 6.68. The highest BCUT2D eigenvalue weighted by Gasteiger charge is 2.27. The van der Waals surface area contributed by atoms with Crippen LogP contribution in [0.4, 0.5) is 10.1 Å². The zero-order valence-electron chi connectivity index (χ0n) is 17.8. The van der Waals surface area contributed by atoms with Gasteiger partial charge in [0, 0.05) is 24.3 Å². The maximum Gasteiger partial charge on any atom is 0.243 e. The molecule has 1 fully saturated rings. The lowest BCUT2D eigenvalue weighted by Crippen LogP contribution is -2.28. The number of nitrogens with two attached hydrogens (primary N) is 1. The van der Waals surface area contributed by atoms with Gasteiger partial charge in [0.05, 0.1) is 10.1 Å². The van der Waals surface area contributed by atoms with Gasteiger partial charge in [-0.1, -0.05) is 23.9 Å². The molecule has 0 bridgehead atoms. The van der Waals surface area contributed by atoms with Crippen molar-refractivity contribution in [1.82, 2.24) is 19.2 Å². The lowest BCUT2D eigenvalue weighted by atomic mass is 10.2. The van der Waals surface area contributed by atoms with E-state index in [1.165, 1.54) is 33.2 Å². The number of nitrogens with zero attached hydrogens (tertiary/aromatic N) is 4. The van der Waals surface area contributed by atoms with Crippen LogP contribution in [0.25, 0.3) is 11.4 Å². The van der Waals surface area contributed by atoms with Gasteiger partial charge in [-0.2, -0.15) is 4.31 Å². The number of hydrogen-bond donors (Lipinski definition) is 2. The van der Waals surface area contributed by atoms with E-state index in [2.05, 4.69) is 15.5 Å². The summed E-state index contributed by atoms with van der Waals surface area (Å²) in [5.41, 5.74) is 0.945. The number of hydrogen-bond acceptors (Lipinski definition) is 7. The fourth-order valence-electron chi connectivity index (χ4n) is 3.43. The monoisotopic (exact) mass is 490 g/mol. The number of rotatable bonds is 7. The molecule has 0 saturated carbocycles. The fraction of sp³-hybridized carbons (Fsp3) is 0.286. The molecule has 4 rings (SSSR count). The molecule has 1 saturated heterocycles. The highest BCUT2D eigenvalue weighted by Crippen LogP contribution is 2.26. The Morgan fingerprint density at radius 1 is 1.15 bits per heavy atom. The molecule has 2 aromatic carbocycles. The first-order chi connectivity index (χ1) is 15.8. The van der Waals surface area contributed by atoms with Crippen LogP contribution in [0.3, 0.4) is 0 Å². The molecule has 1 aromatic heterocycles. The van der Waals surface area contributed by atoms with Crippen molar-refractivity contribution in [2.24, 2.45) is 0 Å². The van der Waals surface area contributed by atoms with E-state index >= 15 is 0 Å². The molecule has 9 nitrogen and oxygen atoms in total. The van der Waals surface area contributed by atoms with Gasteiger partial charge in [0.15, 0.2) is 5.82 Å². The van der Waals surface area contributed by atoms with Gasteiger partial charge in [0.1, 0.15) is 5.82 Å². The third-order valence-corrected chi connectivity index (χ3v) is 8.19. The first-order valence-corrected chi connectivity index (χ1v) is 12.6. The summed E-state index contributed by atoms with van der Waals surface area (Å²) in [7, 11) is -3.51. The van der Waals surface area contributed by atoms with E-state index in [4.69, 9.17) is 5.84 Å². The Labute approximate surface area is 195 Å². The van der Waals surface area contributed by atoms with Gasteiger partial charge < -0.3 is 11.2 Å². The number of halogens is 1. The molecular formula is C21H23FN6O3S2. The molecule has 0 radical (unpaired) electrons. The van der Waals surface area contributed by atoms with E-state index in [9.17, 15) is 17.6 Å². The van der Waals surface area contributed by atoms with Gasteiger partial charge in [-0.15, -0.1) is 10.2 Å². The maximum atomic E-state index is 13.5. The zero-order valence-corrected chi connectivity index (χ0v) is 19.4. The molecule has 3 aromatic rings. The maximum absolute atomic E-state index is 13.5. The number of nitrogen functional groups attached to an aromatic ring is 1. The molecule has 3 N–H and O–H groups in total. The summed E-state index contributed by atoms with van der Waals surface area (Å²) in [5.74, 6) is 5.59. The number of sulfonamides is 1. The minimum Gasteiger partial charge on any atom is -0.335 e. The van der Waals surface area contributed by atoms with Crippen LogP contribution < -0.4 is 11.2 Å². The number of anilines is 1. The predicted molar refractivity (Wildman–Crippen MR) is 124 cm³/mol. The highest BCUT2D eigenvalue weighted by atomic mass is 32.2. The Hall–Kier alpha value is -2.96. The summed E-state index contributed by atoms with van der Waals surface area (Å²) in [4.78, 5) is 12.8. The van der Waals surface area contributed by atoms with Gasteiger partial charge in [-0.3, -0.25) is 4.79 Å². The molecule has 0 aliphatic carbocycles. The summed E-state index contributed by atoms with van der Waals surface area (Å²) in [6.45, 7) is 2.74. The van der Waals surface area contributed by atoms with Crippen LogP contribution in [0.5, 0.6) is 0 Å². The topological polar surface area (TPSA) is 123 Å². The molecular weight excluding hydrogens is 467 g/mol. The number of thioether (sulfide) groups is 1. The minimum atomic E-state index is -3.51. The number of carbonyl (C=O) groups is 1. The Morgan fingerprint density at radius 2 is 1.85 bits per heavy atom. The average Bonchev–Trinajstić information content (AvgIpc) is 3.45. The van der Waals surface area contributed by atoms with Crippen LogP contribution in [0.1, 0.15) is 19.8 Å². The third-order valence-electron chi connectivity index (χ3n) is 5.22. The summed E-state index contributed by atoms with van der Waals surface area (Å²) in [6.07, 6.45) is 1.73. The second-order valence-corrected chi connectivity index (χ2v) is 10.8. The smallest absolute Gasteiger partial charge is 0.243 e. The molecule has 2 heterocycles. The van der Waals surface area contributed by atoms with Crippen LogP contribution in [0.2, 0.25) is 0 Å². The van der Waals surface area contributed by atoms with Crippen molar-refractivity contribution >= 4 is 33.4 Å². The van der Waals surface area contributed by atoms with Crippen molar-refractivity contribution in [2.75, 3.05) is 24.2 Å². The first kappa shape index (κ1) is 23.2. The van der Waals surface area contributed by atoms with Crippen LogP contribution in [-0.4, -0.2) is 51.8 Å². The Morgan fingerprint density at radius 3 is 2.52 bits per heavy atom. The van der Waals surface area contributed by atoms with E-state index in [0.29, 0.717) is 29.5 Å². The van der Waals surface area contributed by atoms with Crippen molar-refractivity contribution in [3.63, 3.8) is 0 Å². The summed E-state index contributed by atoms with van der Waals surface area (Å²) < 4.78 is 41.4. The van der Waals surface area contributed by atoms with Crippen molar-refractivity contribution in [3.8, 4) is 11.4 Å². The molecule has 12 heteroatoms. The summed E-state index contributed by atoms with van der Waals surface area (Å²) in [5, 5.41) is 10.5. The van der Waals surface area contributed by atoms with Crippen LogP contribution in [0.15, 0.2) is 58.6 Å². The van der Waals surface area contributed by atoms with Crippen molar-refractivity contribution in [2.45, 2.75) is 35.1 Å². The van der Waals surface area contributed by atoms with Gasteiger partial charge in [0.2, 0.25) is 21.1 Å². The highest BCUT2D eigenvalue weighted by molar-refractivity contribution is 8.00. The van der Waals surface area contributed by atoms with Gasteiger partial charge >= 0.3 is 0 Å². The van der Waals surface area contributed by atoms with E-state index in [1.54, 1.807) is 31.2 Å². The third kappa shape index (κ3) is 5.02. The Bertz CT molecular complexity index is 1260. The number of benzene rings is 2. The van der Waals surface area contributed by atoms with Crippen LogP contribution >= 0.6 is 11.8 Å². The van der Waals surface area contributed by atoms with E-state index in [0.717, 1.165) is 24.6 Å². The number of aromatic nitrogens is 3. The number of amides is 1. The minimum absolute atomic E-state index is 0.200. The second-order valence-electron chi connectivity index (χ2n) is 7.57. The largest absolute Gasteiger partial charge is 0.335 e. The summed E-state index contributed by atoms with van der Waals surface area (Å²) >= 11 is 1.10. The van der Waals surface area contributed by atoms with Crippen molar-refractivity contribution < 1.29 is 17.6 Å². The summed E-state index contributed by atoms with van der Waals surface area (Å²) in [6, 6.07) is 11.9.